The number of nitrogens with one attached hydrogen (secondary N) is 1. The number of benzene rings is 1. The van der Waals surface area contributed by atoms with E-state index in [0.29, 0.717) is 6.04 Å². The molecule has 2 nitrogen and oxygen atoms in total. The summed E-state index contributed by atoms with van der Waals surface area (Å²) in [4.78, 5) is 0. The molecule has 0 unspecified atom stereocenters. The number of rotatable bonds is 7. The van der Waals surface area contributed by atoms with Crippen molar-refractivity contribution in [2.45, 2.75) is 37.5 Å². The Bertz CT molecular complexity index is 414. The van der Waals surface area contributed by atoms with E-state index in [1.807, 2.05) is 30.0 Å². The molecule has 1 aromatic carbocycles. The fourth-order valence-corrected chi connectivity index (χ4v) is 4.33. The van der Waals surface area contributed by atoms with Gasteiger partial charge < -0.3 is 11.1 Å². The van der Waals surface area contributed by atoms with E-state index in [-0.39, 0.29) is 0 Å². The molecule has 5 heteroatoms. The summed E-state index contributed by atoms with van der Waals surface area (Å²) in [6, 6.07) is 6.12. The van der Waals surface area contributed by atoms with Crippen LogP contribution in [0.1, 0.15) is 31.2 Å². The van der Waals surface area contributed by atoms with E-state index in [0.717, 1.165) is 46.1 Å². The lowest BCUT2D eigenvalue weighted by atomic mass is 9.86. The van der Waals surface area contributed by atoms with Crippen LogP contribution in [0.3, 0.4) is 0 Å². The molecule has 0 atom stereocenters. The fraction of sp³-hybridized carbons (Fsp3) is 0.625. The summed E-state index contributed by atoms with van der Waals surface area (Å²) in [7, 11) is 0. The zero-order chi connectivity index (χ0) is 15.1. The average molecular weight is 347 g/mol. The Morgan fingerprint density at radius 3 is 2.48 bits per heavy atom. The Hall–Kier alpha value is 0.0700. The minimum absolute atomic E-state index is 0.442. The zero-order valence-corrected chi connectivity index (χ0v) is 14.6. The summed E-state index contributed by atoms with van der Waals surface area (Å²) in [6.45, 7) is 2.16. The molecule has 1 aliphatic carbocycles. The van der Waals surface area contributed by atoms with Crippen LogP contribution in [0.25, 0.3) is 0 Å². The van der Waals surface area contributed by atoms with Gasteiger partial charge in [0.05, 0.1) is 0 Å². The van der Waals surface area contributed by atoms with Gasteiger partial charge in [0.2, 0.25) is 0 Å². The van der Waals surface area contributed by atoms with Gasteiger partial charge in [0.1, 0.15) is 0 Å². The maximum atomic E-state index is 6.16. The predicted octanol–water partition coefficient (Wildman–Crippen LogP) is 4.33. The van der Waals surface area contributed by atoms with Gasteiger partial charge in [-0.05, 0) is 55.8 Å². The van der Waals surface area contributed by atoms with E-state index >= 15 is 0 Å². The van der Waals surface area contributed by atoms with Gasteiger partial charge in [-0.1, -0.05) is 29.3 Å². The quantitative estimate of drug-likeness (QED) is 0.721. The van der Waals surface area contributed by atoms with Crippen molar-refractivity contribution in [1.82, 2.24) is 5.32 Å². The third kappa shape index (κ3) is 5.99. The molecule has 0 amide bonds. The highest BCUT2D eigenvalue weighted by atomic mass is 35.5. The zero-order valence-electron chi connectivity index (χ0n) is 12.3. The van der Waals surface area contributed by atoms with Gasteiger partial charge in [0.15, 0.2) is 0 Å². The molecule has 0 saturated heterocycles. The minimum Gasteiger partial charge on any atom is -0.328 e. The Morgan fingerprint density at radius 1 is 1.14 bits per heavy atom. The summed E-state index contributed by atoms with van der Waals surface area (Å²) in [5.41, 5.74) is 6.97. The molecule has 1 aromatic rings. The van der Waals surface area contributed by atoms with E-state index < -0.39 is 0 Å². The topological polar surface area (TPSA) is 38.0 Å². The molecule has 2 rings (SSSR count). The smallest absolute Gasteiger partial charge is 0.0461 e. The van der Waals surface area contributed by atoms with Crippen LogP contribution >= 0.6 is 35.0 Å². The number of hydrogen-bond acceptors (Lipinski definition) is 3. The third-order valence-electron chi connectivity index (χ3n) is 4.06. The summed E-state index contributed by atoms with van der Waals surface area (Å²) in [5.74, 6) is 2.76. The summed E-state index contributed by atoms with van der Waals surface area (Å²) in [5, 5.41) is 5.09. The number of nitrogens with two attached hydrogens (primary N) is 1. The standard InChI is InChI=1S/C16H24Cl2N2S/c17-15-2-1-3-16(18)14(15)11-21-9-8-20-10-12-4-6-13(19)7-5-12/h1-3,12-13,20H,4-11,19H2. The predicted molar refractivity (Wildman–Crippen MR) is 95.4 cm³/mol. The minimum atomic E-state index is 0.442. The Morgan fingerprint density at radius 2 is 1.81 bits per heavy atom. The second-order valence-corrected chi connectivity index (χ2v) is 7.66. The third-order valence-corrected chi connectivity index (χ3v) is 5.75. The maximum Gasteiger partial charge on any atom is 0.0461 e. The van der Waals surface area contributed by atoms with Crippen molar-refractivity contribution in [3.8, 4) is 0 Å². The van der Waals surface area contributed by atoms with Crippen LogP contribution in [0.2, 0.25) is 10.0 Å². The molecule has 118 valence electrons. The van der Waals surface area contributed by atoms with E-state index in [4.69, 9.17) is 28.9 Å². The monoisotopic (exact) mass is 346 g/mol. The van der Waals surface area contributed by atoms with Crippen LogP contribution in [0.15, 0.2) is 18.2 Å². The molecule has 0 aromatic heterocycles. The fourth-order valence-electron chi connectivity index (χ4n) is 2.69. The summed E-state index contributed by atoms with van der Waals surface area (Å²) < 4.78 is 0. The van der Waals surface area contributed by atoms with Gasteiger partial charge >= 0.3 is 0 Å². The first-order chi connectivity index (χ1) is 10.2. The number of halogens is 2. The Labute approximate surface area is 142 Å². The molecule has 0 spiro atoms. The highest BCUT2D eigenvalue weighted by molar-refractivity contribution is 7.98. The SMILES string of the molecule is NC1CCC(CNCCSCc2c(Cl)cccc2Cl)CC1. The van der Waals surface area contributed by atoms with Crippen molar-refractivity contribution in [2.24, 2.45) is 11.7 Å². The maximum absolute atomic E-state index is 6.16. The van der Waals surface area contributed by atoms with Gasteiger partial charge in [0, 0.05) is 34.1 Å². The molecular formula is C16H24Cl2N2S. The van der Waals surface area contributed by atoms with E-state index in [9.17, 15) is 0 Å². The lowest BCUT2D eigenvalue weighted by Gasteiger charge is -2.26. The first kappa shape index (κ1) is 17.4. The molecule has 0 radical (unpaired) electrons. The van der Waals surface area contributed by atoms with E-state index in [2.05, 4.69) is 5.32 Å². The van der Waals surface area contributed by atoms with Gasteiger partial charge in [-0.25, -0.2) is 0 Å². The molecular weight excluding hydrogens is 323 g/mol. The van der Waals surface area contributed by atoms with Crippen molar-refractivity contribution in [3.05, 3.63) is 33.8 Å². The lowest BCUT2D eigenvalue weighted by molar-refractivity contribution is 0.317. The summed E-state index contributed by atoms with van der Waals surface area (Å²) in [6.07, 6.45) is 4.92. The molecule has 0 heterocycles. The molecule has 1 fully saturated rings. The highest BCUT2D eigenvalue weighted by Crippen LogP contribution is 2.28. The van der Waals surface area contributed by atoms with Crippen LogP contribution in [0.4, 0.5) is 0 Å². The van der Waals surface area contributed by atoms with Crippen LogP contribution in [-0.4, -0.2) is 24.9 Å². The van der Waals surface area contributed by atoms with Crippen LogP contribution in [0.5, 0.6) is 0 Å². The largest absolute Gasteiger partial charge is 0.328 e. The van der Waals surface area contributed by atoms with Crippen molar-refractivity contribution < 1.29 is 0 Å². The molecule has 1 aliphatic rings. The Kier molecular flexibility index (Phi) is 7.69. The molecule has 3 N–H and O–H groups in total. The number of thioether (sulfide) groups is 1. The molecule has 21 heavy (non-hydrogen) atoms. The first-order valence-electron chi connectivity index (χ1n) is 7.63. The number of hydrogen-bond donors (Lipinski definition) is 2. The second kappa shape index (κ2) is 9.26. The first-order valence-corrected chi connectivity index (χ1v) is 9.55. The second-order valence-electron chi connectivity index (χ2n) is 5.74. The van der Waals surface area contributed by atoms with Crippen molar-refractivity contribution in [1.29, 1.82) is 0 Å². The van der Waals surface area contributed by atoms with E-state index in [1.165, 1.54) is 25.7 Å². The highest BCUT2D eigenvalue weighted by Gasteiger charge is 2.17. The Balaban J connectivity index is 1.56. The molecule has 1 saturated carbocycles. The van der Waals surface area contributed by atoms with Crippen LogP contribution in [0, 0.1) is 5.92 Å². The van der Waals surface area contributed by atoms with Gasteiger partial charge in [-0.3, -0.25) is 0 Å². The van der Waals surface area contributed by atoms with Gasteiger partial charge in [0.25, 0.3) is 0 Å². The summed E-state index contributed by atoms with van der Waals surface area (Å²) >= 11 is 14.2. The van der Waals surface area contributed by atoms with Crippen molar-refractivity contribution in [3.63, 3.8) is 0 Å². The van der Waals surface area contributed by atoms with Gasteiger partial charge in [-0.15, -0.1) is 0 Å². The normalized spacial score (nSPS) is 22.4. The van der Waals surface area contributed by atoms with Crippen LogP contribution < -0.4 is 11.1 Å². The average Bonchev–Trinajstić information content (AvgIpc) is 2.47. The molecule has 0 aliphatic heterocycles. The van der Waals surface area contributed by atoms with Gasteiger partial charge in [-0.2, -0.15) is 11.8 Å². The lowest BCUT2D eigenvalue weighted by Crippen LogP contribution is -2.32. The van der Waals surface area contributed by atoms with E-state index in [1.54, 1.807) is 0 Å². The van der Waals surface area contributed by atoms with Crippen molar-refractivity contribution >= 4 is 35.0 Å². The molecule has 0 bridgehead atoms. The van der Waals surface area contributed by atoms with Crippen molar-refractivity contribution in [2.75, 3.05) is 18.8 Å². The van der Waals surface area contributed by atoms with Crippen LogP contribution in [-0.2, 0) is 5.75 Å².